The highest BCUT2D eigenvalue weighted by Crippen LogP contribution is 2.38. The monoisotopic (exact) mass is 480 g/mol. The molecular formula is C30H28F4O. The fourth-order valence-corrected chi connectivity index (χ4v) is 4.74. The molecule has 1 aliphatic rings. The smallest absolute Gasteiger partial charge is 0.167 e. The minimum atomic E-state index is -1.15. The van der Waals surface area contributed by atoms with Crippen LogP contribution in [0.5, 0.6) is 0 Å². The topological polar surface area (TPSA) is 20.2 Å². The predicted octanol–water partition coefficient (Wildman–Crippen LogP) is 8.30. The Bertz CT molecular complexity index is 1260. The lowest BCUT2D eigenvalue weighted by molar-refractivity contribution is 0.193. The first-order valence-corrected chi connectivity index (χ1v) is 11.8. The van der Waals surface area contributed by atoms with Gasteiger partial charge >= 0.3 is 0 Å². The quantitative estimate of drug-likeness (QED) is 0.266. The van der Waals surface area contributed by atoms with Crippen LogP contribution in [0, 0.1) is 23.3 Å². The van der Waals surface area contributed by atoms with E-state index in [0.717, 1.165) is 18.4 Å². The molecule has 0 radical (unpaired) electrons. The molecule has 0 spiro atoms. The van der Waals surface area contributed by atoms with E-state index in [-0.39, 0.29) is 34.3 Å². The molecule has 0 saturated heterocycles. The van der Waals surface area contributed by atoms with E-state index in [0.29, 0.717) is 24.0 Å². The largest absolute Gasteiger partial charge is 0.389 e. The van der Waals surface area contributed by atoms with Gasteiger partial charge in [-0.2, -0.15) is 0 Å². The fourth-order valence-electron chi connectivity index (χ4n) is 4.74. The van der Waals surface area contributed by atoms with E-state index in [2.05, 4.69) is 6.58 Å². The molecule has 0 aliphatic heterocycles. The normalized spacial score (nSPS) is 18.5. The maximum Gasteiger partial charge on any atom is 0.167 e. The fraction of sp³-hybridized carbons (Fsp3) is 0.267. The van der Waals surface area contributed by atoms with Gasteiger partial charge in [-0.15, -0.1) is 6.58 Å². The number of aryl methyl sites for hydroxylation is 1. The van der Waals surface area contributed by atoms with Crippen molar-refractivity contribution in [3.63, 3.8) is 0 Å². The van der Waals surface area contributed by atoms with Crippen molar-refractivity contribution < 1.29 is 22.7 Å². The van der Waals surface area contributed by atoms with Crippen molar-refractivity contribution in [1.82, 2.24) is 0 Å². The number of aliphatic hydroxyl groups is 1. The molecule has 35 heavy (non-hydrogen) atoms. The summed E-state index contributed by atoms with van der Waals surface area (Å²) in [6, 6.07) is 12.4. The lowest BCUT2D eigenvalue weighted by Crippen LogP contribution is -2.09. The highest BCUT2D eigenvalue weighted by atomic mass is 19.2. The van der Waals surface area contributed by atoms with Crippen LogP contribution in [0.2, 0.25) is 0 Å². The number of halogens is 4. The van der Waals surface area contributed by atoms with Crippen LogP contribution < -0.4 is 0 Å². The highest BCUT2D eigenvalue weighted by molar-refractivity contribution is 5.65. The van der Waals surface area contributed by atoms with Gasteiger partial charge in [0.1, 0.15) is 11.6 Å². The first kappa shape index (κ1) is 24.9. The molecule has 1 nitrogen and oxygen atoms in total. The maximum absolute atomic E-state index is 15.0. The van der Waals surface area contributed by atoms with Crippen LogP contribution >= 0.6 is 0 Å². The molecule has 0 aromatic heterocycles. The van der Waals surface area contributed by atoms with Gasteiger partial charge in [0.2, 0.25) is 0 Å². The number of aliphatic hydroxyl groups excluding tert-OH is 1. The highest BCUT2D eigenvalue weighted by Gasteiger charge is 2.24. The van der Waals surface area contributed by atoms with Crippen molar-refractivity contribution in [2.24, 2.45) is 0 Å². The summed E-state index contributed by atoms with van der Waals surface area (Å²) >= 11 is 0. The Kier molecular flexibility index (Phi) is 7.56. The number of allylic oxidation sites excluding steroid dienone is 3. The van der Waals surface area contributed by atoms with Gasteiger partial charge in [-0.1, -0.05) is 54.6 Å². The molecule has 3 atom stereocenters. The molecule has 182 valence electrons. The lowest BCUT2D eigenvalue weighted by atomic mass is 9.80. The van der Waals surface area contributed by atoms with Crippen molar-refractivity contribution in [2.45, 2.75) is 50.5 Å². The molecule has 3 aromatic rings. The summed E-state index contributed by atoms with van der Waals surface area (Å²) in [5.41, 5.74) is 2.04. The van der Waals surface area contributed by atoms with Gasteiger partial charge in [-0.25, -0.2) is 17.6 Å². The van der Waals surface area contributed by atoms with Crippen molar-refractivity contribution >= 4 is 0 Å². The molecule has 5 heteroatoms. The summed E-state index contributed by atoms with van der Waals surface area (Å²) in [6.07, 6.45) is 7.34. The van der Waals surface area contributed by atoms with Gasteiger partial charge < -0.3 is 5.11 Å². The second kappa shape index (κ2) is 10.6. The molecule has 0 saturated carbocycles. The van der Waals surface area contributed by atoms with Crippen molar-refractivity contribution in [2.75, 3.05) is 0 Å². The van der Waals surface area contributed by atoms with Crippen molar-refractivity contribution in [3.8, 4) is 11.1 Å². The van der Waals surface area contributed by atoms with E-state index in [1.165, 1.54) is 25.1 Å². The summed E-state index contributed by atoms with van der Waals surface area (Å²) < 4.78 is 58.6. The van der Waals surface area contributed by atoms with Crippen LogP contribution in [0.25, 0.3) is 11.1 Å². The third kappa shape index (κ3) is 5.25. The van der Waals surface area contributed by atoms with Crippen LogP contribution in [0.15, 0.2) is 73.3 Å². The molecule has 3 aromatic carbocycles. The Hall–Kier alpha value is -3.18. The Morgan fingerprint density at radius 1 is 0.886 bits per heavy atom. The van der Waals surface area contributed by atoms with Crippen LogP contribution in [0.1, 0.15) is 66.4 Å². The van der Waals surface area contributed by atoms with E-state index >= 15 is 4.39 Å². The Labute approximate surface area is 203 Å². The predicted molar refractivity (Wildman–Crippen MR) is 131 cm³/mol. The van der Waals surface area contributed by atoms with Crippen LogP contribution in [-0.2, 0) is 6.42 Å². The van der Waals surface area contributed by atoms with Gasteiger partial charge in [-0.3, -0.25) is 0 Å². The summed E-state index contributed by atoms with van der Waals surface area (Å²) in [6.45, 7) is 5.04. The van der Waals surface area contributed by atoms with E-state index in [4.69, 9.17) is 0 Å². The van der Waals surface area contributed by atoms with Gasteiger partial charge in [0, 0.05) is 23.0 Å². The molecular weight excluding hydrogens is 452 g/mol. The lowest BCUT2D eigenvalue weighted by Gasteiger charge is -2.24. The van der Waals surface area contributed by atoms with Crippen LogP contribution in [0.4, 0.5) is 17.6 Å². The van der Waals surface area contributed by atoms with Crippen LogP contribution in [-0.4, -0.2) is 5.11 Å². The number of rotatable bonds is 7. The van der Waals surface area contributed by atoms with E-state index in [1.54, 1.807) is 18.2 Å². The zero-order valence-corrected chi connectivity index (χ0v) is 19.6. The SMILES string of the molecule is C=CCCc1ccc(C2C=CC(c3ccc(-c4ccc(C(C)O)c(F)c4F)cc3F)CC2)c(F)c1. The second-order valence-electron chi connectivity index (χ2n) is 9.10. The first-order valence-electron chi connectivity index (χ1n) is 11.8. The minimum Gasteiger partial charge on any atom is -0.389 e. The van der Waals surface area contributed by atoms with Gasteiger partial charge in [-0.05, 0) is 67.0 Å². The second-order valence-corrected chi connectivity index (χ2v) is 9.10. The Morgan fingerprint density at radius 2 is 1.51 bits per heavy atom. The Balaban J connectivity index is 1.52. The average molecular weight is 481 g/mol. The van der Waals surface area contributed by atoms with Crippen LogP contribution in [0.3, 0.4) is 0 Å². The molecule has 1 N–H and O–H groups in total. The first-order chi connectivity index (χ1) is 16.8. The van der Waals surface area contributed by atoms with E-state index < -0.39 is 23.6 Å². The molecule has 0 bridgehead atoms. The molecule has 0 heterocycles. The molecule has 3 unspecified atom stereocenters. The molecule has 0 amide bonds. The summed E-state index contributed by atoms with van der Waals surface area (Å²) in [4.78, 5) is 0. The van der Waals surface area contributed by atoms with E-state index in [1.807, 2.05) is 30.4 Å². The maximum atomic E-state index is 15.0. The molecule has 1 aliphatic carbocycles. The van der Waals surface area contributed by atoms with E-state index in [9.17, 15) is 18.3 Å². The number of hydrogen-bond acceptors (Lipinski definition) is 1. The minimum absolute atomic E-state index is 0.0661. The van der Waals surface area contributed by atoms with Gasteiger partial charge in [0.05, 0.1) is 6.10 Å². The number of benzene rings is 3. The zero-order chi connectivity index (χ0) is 25.1. The molecule has 4 rings (SSSR count). The third-order valence-corrected chi connectivity index (χ3v) is 6.74. The van der Waals surface area contributed by atoms with Crippen molar-refractivity contribution in [3.05, 3.63) is 119 Å². The third-order valence-electron chi connectivity index (χ3n) is 6.74. The zero-order valence-electron chi connectivity index (χ0n) is 19.6. The molecule has 0 fully saturated rings. The standard InChI is InChI=1S/C30H28F4O/c1-3-4-5-19-6-12-24(27(31)16-19)20-7-9-21(10-8-20)25-13-11-22(17-28(25)32)26-15-14-23(18(2)35)29(33)30(26)34/h3,6-7,9,11-18,20-21,35H,1,4-5,8,10H2,2H3. The Morgan fingerprint density at radius 3 is 2.06 bits per heavy atom. The summed E-state index contributed by atoms with van der Waals surface area (Å²) in [5.74, 6) is -3.25. The van der Waals surface area contributed by atoms with Gasteiger partial charge in [0.25, 0.3) is 0 Å². The average Bonchev–Trinajstić information content (AvgIpc) is 2.84. The number of hydrogen-bond donors (Lipinski definition) is 1. The summed E-state index contributed by atoms with van der Waals surface area (Å²) in [5, 5.41) is 9.57. The van der Waals surface area contributed by atoms with Gasteiger partial charge in [0.15, 0.2) is 11.6 Å². The van der Waals surface area contributed by atoms with Crippen molar-refractivity contribution in [1.29, 1.82) is 0 Å². The summed E-state index contributed by atoms with van der Waals surface area (Å²) in [7, 11) is 0.